The number of nitrogens with one attached hydrogen (secondary N) is 1. The second-order valence-electron chi connectivity index (χ2n) is 5.66. The summed E-state index contributed by atoms with van der Waals surface area (Å²) >= 11 is 0. The third-order valence-corrected chi connectivity index (χ3v) is 3.67. The maximum absolute atomic E-state index is 10.0. The van der Waals surface area contributed by atoms with Crippen LogP contribution in [0, 0.1) is 6.92 Å². The molecule has 0 saturated carbocycles. The first kappa shape index (κ1) is 15.9. The molecule has 5 nitrogen and oxygen atoms in total. The Morgan fingerprint density at radius 3 is 2.53 bits per heavy atom. The summed E-state index contributed by atoms with van der Waals surface area (Å²) in [5.74, 6) is 0.168. The predicted octanol–water partition coefficient (Wildman–Crippen LogP) is 1.02. The second kappa shape index (κ2) is 6.32. The van der Waals surface area contributed by atoms with Crippen molar-refractivity contribution in [1.29, 1.82) is 0 Å². The van der Waals surface area contributed by atoms with E-state index in [9.17, 15) is 10.2 Å². The number of aliphatic hydroxyl groups is 1. The summed E-state index contributed by atoms with van der Waals surface area (Å²) in [7, 11) is 4.07. The minimum atomic E-state index is -0.116. The van der Waals surface area contributed by atoms with E-state index >= 15 is 0 Å². The van der Waals surface area contributed by atoms with E-state index in [1.807, 2.05) is 14.1 Å². The molecule has 0 radical (unpaired) electrons. The van der Waals surface area contributed by atoms with Crippen molar-refractivity contribution in [2.75, 3.05) is 20.6 Å². The number of hydrogen-bond donors (Lipinski definition) is 3. The monoisotopic (exact) mass is 267 g/mol. The van der Waals surface area contributed by atoms with Crippen LogP contribution in [-0.2, 0) is 13.2 Å². The van der Waals surface area contributed by atoms with E-state index in [1.165, 1.54) is 0 Å². The van der Waals surface area contributed by atoms with Crippen LogP contribution in [0.3, 0.4) is 0 Å². The van der Waals surface area contributed by atoms with Crippen LogP contribution < -0.4 is 5.32 Å². The third-order valence-electron chi connectivity index (χ3n) is 3.67. The zero-order valence-corrected chi connectivity index (χ0v) is 12.5. The van der Waals surface area contributed by atoms with Crippen molar-refractivity contribution in [3.8, 4) is 5.75 Å². The molecule has 1 rings (SSSR count). The highest BCUT2D eigenvalue weighted by atomic mass is 16.3. The summed E-state index contributed by atoms with van der Waals surface area (Å²) in [5, 5.41) is 22.6. The summed E-state index contributed by atoms with van der Waals surface area (Å²) in [4.78, 5) is 6.19. The molecule has 0 aliphatic heterocycles. The van der Waals surface area contributed by atoms with Gasteiger partial charge in [0.25, 0.3) is 0 Å². The summed E-state index contributed by atoms with van der Waals surface area (Å²) in [6.45, 7) is 7.22. The molecule has 0 spiro atoms. The van der Waals surface area contributed by atoms with Crippen LogP contribution in [0.25, 0.3) is 0 Å². The maximum atomic E-state index is 10.0. The fourth-order valence-electron chi connectivity index (χ4n) is 1.67. The minimum absolute atomic E-state index is 0.0249. The highest BCUT2D eigenvalue weighted by molar-refractivity contribution is 5.40. The van der Waals surface area contributed by atoms with Crippen LogP contribution in [0.5, 0.6) is 5.75 Å². The van der Waals surface area contributed by atoms with Gasteiger partial charge in [-0.1, -0.05) is 0 Å². The highest BCUT2D eigenvalue weighted by Crippen LogP contribution is 2.23. The van der Waals surface area contributed by atoms with Crippen LogP contribution in [0.15, 0.2) is 6.20 Å². The van der Waals surface area contributed by atoms with E-state index in [1.54, 1.807) is 13.1 Å². The van der Waals surface area contributed by atoms with E-state index in [0.717, 1.165) is 12.1 Å². The van der Waals surface area contributed by atoms with Gasteiger partial charge in [0.15, 0.2) is 0 Å². The fourth-order valence-corrected chi connectivity index (χ4v) is 1.67. The lowest BCUT2D eigenvalue weighted by Crippen LogP contribution is -2.46. The molecule has 0 amide bonds. The van der Waals surface area contributed by atoms with Crippen LogP contribution in [0.4, 0.5) is 0 Å². The normalized spacial score (nSPS) is 12.2. The molecule has 3 N–H and O–H groups in total. The molecule has 1 aromatic rings. The minimum Gasteiger partial charge on any atom is -0.506 e. The number of rotatable bonds is 6. The van der Waals surface area contributed by atoms with E-state index < -0.39 is 0 Å². The number of hydrogen-bond acceptors (Lipinski definition) is 5. The Morgan fingerprint density at radius 1 is 1.37 bits per heavy atom. The van der Waals surface area contributed by atoms with E-state index in [0.29, 0.717) is 17.8 Å². The Hall–Kier alpha value is -1.17. The smallest absolute Gasteiger partial charge is 0.141 e. The summed E-state index contributed by atoms with van der Waals surface area (Å²) in [6, 6.07) is 0. The maximum Gasteiger partial charge on any atom is 0.141 e. The van der Waals surface area contributed by atoms with Gasteiger partial charge in [0.2, 0.25) is 0 Å². The number of likely N-dealkylation sites (N-methyl/N-ethyl adjacent to an activating group) is 1. The Morgan fingerprint density at radius 2 is 2.00 bits per heavy atom. The highest BCUT2D eigenvalue weighted by Gasteiger charge is 2.20. The van der Waals surface area contributed by atoms with Gasteiger partial charge in [0.1, 0.15) is 5.75 Å². The van der Waals surface area contributed by atoms with Gasteiger partial charge in [0.05, 0.1) is 12.3 Å². The molecule has 0 bridgehead atoms. The van der Waals surface area contributed by atoms with E-state index in [2.05, 4.69) is 29.0 Å². The first-order valence-corrected chi connectivity index (χ1v) is 6.45. The van der Waals surface area contributed by atoms with Crippen molar-refractivity contribution in [3.05, 3.63) is 23.0 Å². The zero-order chi connectivity index (χ0) is 14.6. The van der Waals surface area contributed by atoms with Gasteiger partial charge in [-0.2, -0.15) is 0 Å². The summed E-state index contributed by atoms with van der Waals surface area (Å²) in [5.41, 5.74) is 2.00. The van der Waals surface area contributed by atoms with Crippen LogP contribution in [-0.4, -0.2) is 46.3 Å². The average Bonchev–Trinajstić information content (AvgIpc) is 2.34. The molecule has 108 valence electrons. The molecule has 1 heterocycles. The number of aromatic nitrogens is 1. The summed E-state index contributed by atoms with van der Waals surface area (Å²) in [6.07, 6.45) is 1.61. The molecule has 0 unspecified atom stereocenters. The molecule has 19 heavy (non-hydrogen) atoms. The van der Waals surface area contributed by atoms with Gasteiger partial charge in [-0.25, -0.2) is 0 Å². The van der Waals surface area contributed by atoms with Crippen molar-refractivity contribution in [2.24, 2.45) is 0 Å². The molecule has 0 aromatic carbocycles. The Balaban J connectivity index is 2.75. The van der Waals surface area contributed by atoms with Gasteiger partial charge < -0.3 is 20.4 Å². The number of pyridine rings is 1. The van der Waals surface area contributed by atoms with Crippen molar-refractivity contribution in [1.82, 2.24) is 15.2 Å². The Bertz CT molecular complexity index is 431. The Kier molecular flexibility index (Phi) is 5.29. The molecular weight excluding hydrogens is 242 g/mol. The van der Waals surface area contributed by atoms with Crippen LogP contribution >= 0.6 is 0 Å². The summed E-state index contributed by atoms with van der Waals surface area (Å²) < 4.78 is 0. The van der Waals surface area contributed by atoms with E-state index in [4.69, 9.17) is 0 Å². The molecule has 0 saturated heterocycles. The van der Waals surface area contributed by atoms with Gasteiger partial charge in [-0.3, -0.25) is 4.98 Å². The molecular formula is C14H25N3O2. The van der Waals surface area contributed by atoms with Crippen LogP contribution in [0.1, 0.15) is 30.7 Å². The first-order chi connectivity index (χ1) is 8.79. The lowest BCUT2D eigenvalue weighted by molar-refractivity contribution is 0.189. The molecule has 0 aliphatic rings. The molecule has 0 aliphatic carbocycles. The van der Waals surface area contributed by atoms with Crippen molar-refractivity contribution in [2.45, 2.75) is 39.5 Å². The fraction of sp³-hybridized carbons (Fsp3) is 0.643. The van der Waals surface area contributed by atoms with Gasteiger partial charge in [-0.15, -0.1) is 0 Å². The number of nitrogens with zero attached hydrogens (tertiary/aromatic N) is 2. The number of aliphatic hydroxyl groups excluding tert-OH is 1. The molecule has 0 atom stereocenters. The van der Waals surface area contributed by atoms with Crippen LogP contribution in [0.2, 0.25) is 0 Å². The average molecular weight is 267 g/mol. The first-order valence-electron chi connectivity index (χ1n) is 6.45. The Labute approximate surface area is 115 Å². The SMILES string of the molecule is Cc1ncc(CO)c(CNCC(C)(C)N(C)C)c1O. The van der Waals surface area contributed by atoms with Gasteiger partial charge in [0, 0.05) is 36.0 Å². The zero-order valence-electron chi connectivity index (χ0n) is 12.5. The second-order valence-corrected chi connectivity index (χ2v) is 5.66. The standard InChI is InChI=1S/C14H25N3O2/c1-10-13(19)12(11(8-18)6-16-10)7-15-9-14(2,3)17(4)5/h6,15,18-19H,7-9H2,1-5H3. The lowest BCUT2D eigenvalue weighted by Gasteiger charge is -2.33. The largest absolute Gasteiger partial charge is 0.506 e. The third kappa shape index (κ3) is 3.89. The van der Waals surface area contributed by atoms with E-state index in [-0.39, 0.29) is 17.9 Å². The van der Waals surface area contributed by atoms with Gasteiger partial charge >= 0.3 is 0 Å². The van der Waals surface area contributed by atoms with Crippen molar-refractivity contribution < 1.29 is 10.2 Å². The lowest BCUT2D eigenvalue weighted by atomic mass is 10.0. The van der Waals surface area contributed by atoms with Gasteiger partial charge in [-0.05, 0) is 34.9 Å². The number of aryl methyl sites for hydroxylation is 1. The predicted molar refractivity (Wildman–Crippen MR) is 76.0 cm³/mol. The number of aromatic hydroxyl groups is 1. The quantitative estimate of drug-likeness (QED) is 0.718. The van der Waals surface area contributed by atoms with Crippen molar-refractivity contribution in [3.63, 3.8) is 0 Å². The molecule has 1 aromatic heterocycles. The molecule has 0 fully saturated rings. The molecule has 5 heteroatoms. The van der Waals surface area contributed by atoms with Crippen molar-refractivity contribution >= 4 is 0 Å². The topological polar surface area (TPSA) is 68.6 Å².